The average Bonchev–Trinajstić information content (AvgIpc) is 2.87. The molecule has 1 heterocycles. The summed E-state index contributed by atoms with van der Waals surface area (Å²) in [6.45, 7) is 6.71. The summed E-state index contributed by atoms with van der Waals surface area (Å²) in [5.41, 5.74) is 8.18. The molecule has 0 aliphatic rings. The number of nitrogens with zero attached hydrogens (tertiary/aromatic N) is 1. The topological polar surface area (TPSA) is 46.3 Å². The zero-order chi connectivity index (χ0) is 14.7. The summed E-state index contributed by atoms with van der Waals surface area (Å²) in [6.07, 6.45) is 0. The first kappa shape index (κ1) is 14.6. The number of nitrogen functional groups attached to an aromatic ring is 1. The van der Waals surface area contributed by atoms with Crippen LogP contribution in [0.2, 0.25) is 0 Å². The highest BCUT2D eigenvalue weighted by Gasteiger charge is 2.14. The Kier molecular flexibility index (Phi) is 4.45. The fourth-order valence-corrected chi connectivity index (χ4v) is 2.89. The van der Waals surface area contributed by atoms with Crippen molar-refractivity contribution in [1.29, 1.82) is 0 Å². The molecule has 2 rings (SSSR count). The third kappa shape index (κ3) is 3.20. The van der Waals surface area contributed by atoms with E-state index in [-0.39, 0.29) is 5.78 Å². The third-order valence-corrected chi connectivity index (χ3v) is 4.14. The SMILES string of the molecule is CC(=O)c1ccc(N(Cc2cccs2)C(C)C)cc1N. The molecule has 2 aromatic rings. The van der Waals surface area contributed by atoms with Gasteiger partial charge in [-0.05, 0) is 50.4 Å². The molecule has 3 nitrogen and oxygen atoms in total. The zero-order valence-corrected chi connectivity index (χ0v) is 12.9. The lowest BCUT2D eigenvalue weighted by Gasteiger charge is -2.29. The standard InChI is InChI=1S/C16H20N2OS/c1-11(2)18(10-14-5-4-8-20-14)13-6-7-15(12(3)19)16(17)9-13/h4-9,11H,10,17H2,1-3H3. The largest absolute Gasteiger partial charge is 0.398 e. The van der Waals surface area contributed by atoms with E-state index in [0.29, 0.717) is 17.3 Å². The number of benzene rings is 1. The van der Waals surface area contributed by atoms with E-state index in [1.807, 2.05) is 18.2 Å². The molecule has 0 atom stereocenters. The van der Waals surface area contributed by atoms with Crippen molar-refractivity contribution in [3.63, 3.8) is 0 Å². The lowest BCUT2D eigenvalue weighted by atomic mass is 10.1. The lowest BCUT2D eigenvalue weighted by Crippen LogP contribution is -2.29. The molecule has 106 valence electrons. The number of carbonyl (C=O) groups excluding carboxylic acids is 1. The number of rotatable bonds is 5. The van der Waals surface area contributed by atoms with E-state index in [1.54, 1.807) is 11.3 Å². The van der Waals surface area contributed by atoms with Gasteiger partial charge in [0, 0.05) is 27.9 Å². The molecule has 0 radical (unpaired) electrons. The van der Waals surface area contributed by atoms with E-state index < -0.39 is 0 Å². The van der Waals surface area contributed by atoms with Gasteiger partial charge in [0.05, 0.1) is 6.54 Å². The van der Waals surface area contributed by atoms with E-state index in [1.165, 1.54) is 11.8 Å². The predicted octanol–water partition coefficient (Wildman–Crippen LogP) is 3.95. The van der Waals surface area contributed by atoms with Crippen LogP contribution in [0.5, 0.6) is 0 Å². The number of Topliss-reactive ketones (excluding diaryl/α,β-unsaturated/α-hetero) is 1. The van der Waals surface area contributed by atoms with Crippen LogP contribution in [0.1, 0.15) is 36.0 Å². The highest BCUT2D eigenvalue weighted by molar-refractivity contribution is 7.09. The van der Waals surface area contributed by atoms with Crippen LogP contribution in [-0.2, 0) is 6.54 Å². The van der Waals surface area contributed by atoms with Crippen LogP contribution in [-0.4, -0.2) is 11.8 Å². The molecule has 2 N–H and O–H groups in total. The van der Waals surface area contributed by atoms with Crippen LogP contribution in [0.4, 0.5) is 11.4 Å². The quantitative estimate of drug-likeness (QED) is 0.669. The maximum absolute atomic E-state index is 11.4. The summed E-state index contributed by atoms with van der Waals surface area (Å²) in [7, 11) is 0. The summed E-state index contributed by atoms with van der Waals surface area (Å²) >= 11 is 1.75. The number of thiophene rings is 1. The highest BCUT2D eigenvalue weighted by Crippen LogP contribution is 2.26. The minimum Gasteiger partial charge on any atom is -0.398 e. The van der Waals surface area contributed by atoms with E-state index in [2.05, 4.69) is 36.3 Å². The summed E-state index contributed by atoms with van der Waals surface area (Å²) in [4.78, 5) is 15.0. The summed E-state index contributed by atoms with van der Waals surface area (Å²) in [6, 6.07) is 10.2. The van der Waals surface area contributed by atoms with Crippen LogP contribution in [0.3, 0.4) is 0 Å². The van der Waals surface area contributed by atoms with E-state index >= 15 is 0 Å². The smallest absolute Gasteiger partial charge is 0.161 e. The molecule has 0 fully saturated rings. The third-order valence-electron chi connectivity index (χ3n) is 3.28. The molecule has 4 heteroatoms. The van der Waals surface area contributed by atoms with Crippen molar-refractivity contribution in [2.75, 3.05) is 10.6 Å². The maximum Gasteiger partial charge on any atom is 0.161 e. The van der Waals surface area contributed by atoms with Gasteiger partial charge in [0.25, 0.3) is 0 Å². The van der Waals surface area contributed by atoms with Crippen LogP contribution < -0.4 is 10.6 Å². The summed E-state index contributed by atoms with van der Waals surface area (Å²) in [5.74, 6) is 0.00315. The maximum atomic E-state index is 11.4. The molecular formula is C16H20N2OS. The van der Waals surface area contributed by atoms with Gasteiger partial charge in [-0.1, -0.05) is 6.07 Å². The lowest BCUT2D eigenvalue weighted by molar-refractivity contribution is 0.101. The second-order valence-corrected chi connectivity index (χ2v) is 6.16. The number of nitrogens with two attached hydrogens (primary N) is 1. The van der Waals surface area contributed by atoms with Gasteiger partial charge in [-0.25, -0.2) is 0 Å². The predicted molar refractivity (Wildman–Crippen MR) is 86.5 cm³/mol. The molecule has 0 unspecified atom stereocenters. The van der Waals surface area contributed by atoms with Crippen molar-refractivity contribution in [1.82, 2.24) is 0 Å². The Hall–Kier alpha value is -1.81. The van der Waals surface area contributed by atoms with Gasteiger partial charge < -0.3 is 10.6 Å². The minimum atomic E-state index is 0.00315. The average molecular weight is 288 g/mol. The van der Waals surface area contributed by atoms with Crippen LogP contribution in [0.15, 0.2) is 35.7 Å². The number of hydrogen-bond donors (Lipinski definition) is 1. The normalized spacial score (nSPS) is 10.8. The highest BCUT2D eigenvalue weighted by atomic mass is 32.1. The Morgan fingerprint density at radius 3 is 2.60 bits per heavy atom. The molecule has 0 saturated carbocycles. The zero-order valence-electron chi connectivity index (χ0n) is 12.1. The van der Waals surface area contributed by atoms with Crippen molar-refractivity contribution in [2.45, 2.75) is 33.4 Å². The van der Waals surface area contributed by atoms with Gasteiger partial charge in [0.15, 0.2) is 5.78 Å². The van der Waals surface area contributed by atoms with E-state index in [4.69, 9.17) is 5.73 Å². The van der Waals surface area contributed by atoms with Gasteiger partial charge in [0.2, 0.25) is 0 Å². The molecule has 20 heavy (non-hydrogen) atoms. The number of ketones is 1. The van der Waals surface area contributed by atoms with Gasteiger partial charge in [0.1, 0.15) is 0 Å². The second kappa shape index (κ2) is 6.09. The molecule has 0 saturated heterocycles. The van der Waals surface area contributed by atoms with Crippen LogP contribution in [0.25, 0.3) is 0 Å². The van der Waals surface area contributed by atoms with Gasteiger partial charge in [-0.15, -0.1) is 11.3 Å². The van der Waals surface area contributed by atoms with Crippen molar-refractivity contribution >= 4 is 28.5 Å². The van der Waals surface area contributed by atoms with Gasteiger partial charge in [-0.2, -0.15) is 0 Å². The van der Waals surface area contributed by atoms with Gasteiger partial charge in [-0.3, -0.25) is 4.79 Å². The monoisotopic (exact) mass is 288 g/mol. The fourth-order valence-electron chi connectivity index (χ4n) is 2.19. The Balaban J connectivity index is 2.30. The molecule has 1 aromatic carbocycles. The summed E-state index contributed by atoms with van der Waals surface area (Å²) in [5, 5.41) is 2.08. The van der Waals surface area contributed by atoms with Crippen LogP contribution in [0, 0.1) is 0 Å². The molecule has 0 amide bonds. The van der Waals surface area contributed by atoms with E-state index in [0.717, 1.165) is 12.2 Å². The first-order valence-electron chi connectivity index (χ1n) is 6.68. The first-order valence-corrected chi connectivity index (χ1v) is 7.56. The van der Waals surface area contributed by atoms with E-state index in [9.17, 15) is 4.79 Å². The number of anilines is 2. The van der Waals surface area contributed by atoms with Crippen molar-refractivity contribution in [2.24, 2.45) is 0 Å². The molecule has 0 bridgehead atoms. The van der Waals surface area contributed by atoms with Crippen molar-refractivity contribution in [3.05, 3.63) is 46.2 Å². The summed E-state index contributed by atoms with van der Waals surface area (Å²) < 4.78 is 0. The van der Waals surface area contributed by atoms with Gasteiger partial charge >= 0.3 is 0 Å². The minimum absolute atomic E-state index is 0.00315. The molecule has 0 spiro atoms. The molecular weight excluding hydrogens is 268 g/mol. The molecule has 0 aliphatic heterocycles. The van der Waals surface area contributed by atoms with Crippen LogP contribution >= 0.6 is 11.3 Å². The second-order valence-electron chi connectivity index (χ2n) is 5.13. The Morgan fingerprint density at radius 2 is 2.10 bits per heavy atom. The Labute approximate surface area is 124 Å². The Bertz CT molecular complexity index is 591. The number of carbonyl (C=O) groups is 1. The first-order chi connectivity index (χ1) is 9.49. The van der Waals surface area contributed by atoms with Crippen molar-refractivity contribution in [3.8, 4) is 0 Å². The molecule has 1 aromatic heterocycles. The Morgan fingerprint density at radius 1 is 1.35 bits per heavy atom. The fraction of sp³-hybridized carbons (Fsp3) is 0.312. The molecule has 0 aliphatic carbocycles. The van der Waals surface area contributed by atoms with Crippen molar-refractivity contribution < 1.29 is 4.79 Å². The number of hydrogen-bond acceptors (Lipinski definition) is 4.